The SMILES string of the molecule is CNCCC[C@@H](CC(=O)[C@@H](CC(C)C)NC(=O)[C@H](CC(=O)[C@H](N)Cc1ccccc1)Cc1ccccc1)C(=O)N1CCCN(C(=N)N)CC1. The van der Waals surface area contributed by atoms with Crippen molar-refractivity contribution in [3.8, 4) is 0 Å². The quantitative estimate of drug-likeness (QED) is 0.0859. The third-order valence-corrected chi connectivity index (χ3v) is 9.19. The Morgan fingerprint density at radius 2 is 1.39 bits per heavy atom. The molecule has 11 nitrogen and oxygen atoms in total. The van der Waals surface area contributed by atoms with Crippen molar-refractivity contribution in [1.29, 1.82) is 5.41 Å². The van der Waals surface area contributed by atoms with Crippen LogP contribution in [0.5, 0.6) is 0 Å². The second kappa shape index (κ2) is 20.4. The van der Waals surface area contributed by atoms with Crippen LogP contribution in [-0.2, 0) is 32.0 Å². The average molecular weight is 676 g/mol. The Balaban J connectivity index is 1.77. The lowest BCUT2D eigenvalue weighted by atomic mass is 9.87. The molecule has 0 aromatic heterocycles. The molecule has 1 aliphatic rings. The molecule has 4 atom stereocenters. The van der Waals surface area contributed by atoms with Gasteiger partial charge in [-0.2, -0.15) is 0 Å². The van der Waals surface area contributed by atoms with Crippen LogP contribution in [0.1, 0.15) is 63.5 Å². The number of nitrogens with zero attached hydrogens (tertiary/aromatic N) is 2. The molecule has 0 radical (unpaired) electrons. The van der Waals surface area contributed by atoms with Crippen LogP contribution in [0.15, 0.2) is 60.7 Å². The molecule has 1 fully saturated rings. The molecule has 7 N–H and O–H groups in total. The molecule has 2 amide bonds. The largest absolute Gasteiger partial charge is 0.370 e. The van der Waals surface area contributed by atoms with Crippen LogP contribution in [0, 0.1) is 23.2 Å². The maximum absolute atomic E-state index is 14.0. The van der Waals surface area contributed by atoms with Gasteiger partial charge in [-0.3, -0.25) is 24.6 Å². The van der Waals surface area contributed by atoms with E-state index < -0.39 is 23.9 Å². The van der Waals surface area contributed by atoms with E-state index in [0.29, 0.717) is 64.8 Å². The lowest BCUT2D eigenvalue weighted by Gasteiger charge is -2.28. The second-order valence-electron chi connectivity index (χ2n) is 13.7. The third kappa shape index (κ3) is 13.4. The molecular weight excluding hydrogens is 618 g/mol. The van der Waals surface area contributed by atoms with Crippen molar-refractivity contribution in [3.63, 3.8) is 0 Å². The summed E-state index contributed by atoms with van der Waals surface area (Å²) in [5, 5.41) is 13.9. The van der Waals surface area contributed by atoms with Gasteiger partial charge >= 0.3 is 0 Å². The van der Waals surface area contributed by atoms with Crippen molar-refractivity contribution in [3.05, 3.63) is 71.8 Å². The van der Waals surface area contributed by atoms with Gasteiger partial charge in [0.25, 0.3) is 0 Å². The minimum atomic E-state index is -0.796. The molecule has 3 rings (SSSR count). The fraction of sp³-hybridized carbons (Fsp3) is 0.553. The number of hydrogen-bond donors (Lipinski definition) is 5. The van der Waals surface area contributed by atoms with Gasteiger partial charge in [-0.25, -0.2) is 0 Å². The number of carbonyl (C=O) groups is 4. The lowest BCUT2D eigenvalue weighted by molar-refractivity contribution is -0.139. The smallest absolute Gasteiger partial charge is 0.226 e. The zero-order chi connectivity index (χ0) is 35.8. The van der Waals surface area contributed by atoms with E-state index in [4.69, 9.17) is 16.9 Å². The Hall–Kier alpha value is -4.09. The van der Waals surface area contributed by atoms with Crippen LogP contribution in [-0.4, -0.2) is 91.0 Å². The van der Waals surface area contributed by atoms with Crippen molar-refractivity contribution in [2.45, 2.75) is 77.3 Å². The number of amides is 2. The predicted octanol–water partition coefficient (Wildman–Crippen LogP) is 2.91. The van der Waals surface area contributed by atoms with E-state index in [9.17, 15) is 19.2 Å². The number of carbonyl (C=O) groups excluding carboxylic acids is 4. The van der Waals surface area contributed by atoms with E-state index in [0.717, 1.165) is 17.5 Å². The minimum Gasteiger partial charge on any atom is -0.370 e. The monoisotopic (exact) mass is 675 g/mol. The number of benzene rings is 2. The summed E-state index contributed by atoms with van der Waals surface area (Å²) in [6.45, 7) is 6.75. The number of Topliss-reactive ketones (excluding diaryl/α,β-unsaturated/α-hetero) is 2. The maximum Gasteiger partial charge on any atom is 0.226 e. The van der Waals surface area contributed by atoms with Crippen LogP contribution in [0.3, 0.4) is 0 Å². The number of rotatable bonds is 19. The van der Waals surface area contributed by atoms with E-state index in [2.05, 4.69) is 10.6 Å². The molecule has 1 aliphatic heterocycles. The number of guanidine groups is 1. The second-order valence-corrected chi connectivity index (χ2v) is 13.7. The van der Waals surface area contributed by atoms with Gasteiger partial charge in [-0.1, -0.05) is 74.5 Å². The first kappa shape index (κ1) is 39.3. The highest BCUT2D eigenvalue weighted by Crippen LogP contribution is 2.22. The van der Waals surface area contributed by atoms with E-state index in [1.807, 2.05) is 81.6 Å². The van der Waals surface area contributed by atoms with Crippen molar-refractivity contribution < 1.29 is 19.2 Å². The molecule has 2 aromatic carbocycles. The highest BCUT2D eigenvalue weighted by Gasteiger charge is 2.33. The molecule has 49 heavy (non-hydrogen) atoms. The minimum absolute atomic E-state index is 0.00670. The van der Waals surface area contributed by atoms with Gasteiger partial charge < -0.3 is 31.9 Å². The Kier molecular flexibility index (Phi) is 16.4. The third-order valence-electron chi connectivity index (χ3n) is 9.19. The van der Waals surface area contributed by atoms with Gasteiger partial charge in [-0.15, -0.1) is 0 Å². The molecule has 1 saturated heterocycles. The average Bonchev–Trinajstić information content (AvgIpc) is 3.34. The summed E-state index contributed by atoms with van der Waals surface area (Å²) in [5.74, 6) is -1.99. The first-order valence-electron chi connectivity index (χ1n) is 17.7. The Morgan fingerprint density at radius 3 is 1.98 bits per heavy atom. The van der Waals surface area contributed by atoms with Crippen LogP contribution < -0.4 is 22.1 Å². The topological polar surface area (TPSA) is 175 Å². The standard InChI is InChI=1S/C38H57N7O4/c1-27(2)22-33(35(47)25-30(16-10-17-42-3)37(49)44-18-11-19-45(21-20-44)38(40)41)43-36(48)31(23-28-12-6-4-7-13-28)26-34(46)32(39)24-29-14-8-5-9-15-29/h4-9,12-15,27,30-33,42H,10-11,16-26,39H2,1-3H3,(H3,40,41)(H,43,48)/t30-,31-,32+,33+/m0/s1. The molecule has 11 heteroatoms. The van der Waals surface area contributed by atoms with Crippen LogP contribution in [0.2, 0.25) is 0 Å². The van der Waals surface area contributed by atoms with Crippen LogP contribution in [0.25, 0.3) is 0 Å². The molecule has 2 aromatic rings. The first-order chi connectivity index (χ1) is 23.5. The van der Waals surface area contributed by atoms with Crippen LogP contribution in [0.4, 0.5) is 0 Å². The van der Waals surface area contributed by atoms with Crippen LogP contribution >= 0.6 is 0 Å². The summed E-state index contributed by atoms with van der Waals surface area (Å²) in [6.07, 6.45) is 3.03. The van der Waals surface area contributed by atoms with E-state index in [1.165, 1.54) is 0 Å². The molecule has 0 bridgehead atoms. The Labute approximate surface area is 292 Å². The fourth-order valence-electron chi connectivity index (χ4n) is 6.42. The summed E-state index contributed by atoms with van der Waals surface area (Å²) in [4.78, 5) is 58.8. The highest BCUT2D eigenvalue weighted by molar-refractivity contribution is 5.94. The highest BCUT2D eigenvalue weighted by atomic mass is 16.2. The van der Waals surface area contributed by atoms with Crippen molar-refractivity contribution in [2.75, 3.05) is 39.8 Å². The molecule has 0 saturated carbocycles. The van der Waals surface area contributed by atoms with Crippen molar-refractivity contribution in [2.24, 2.45) is 29.2 Å². The van der Waals surface area contributed by atoms with E-state index in [1.54, 1.807) is 9.80 Å². The molecule has 0 aliphatic carbocycles. The number of ketones is 2. The summed E-state index contributed by atoms with van der Waals surface area (Å²) < 4.78 is 0. The van der Waals surface area contributed by atoms with E-state index in [-0.39, 0.29) is 48.1 Å². The maximum atomic E-state index is 14.0. The Bertz CT molecular complexity index is 1350. The van der Waals surface area contributed by atoms with Gasteiger partial charge in [0, 0.05) is 50.9 Å². The van der Waals surface area contributed by atoms with Gasteiger partial charge in [-0.05, 0) is 69.2 Å². The summed E-state index contributed by atoms with van der Waals surface area (Å²) >= 11 is 0. The molecule has 268 valence electrons. The molecule has 0 unspecified atom stereocenters. The number of nitrogens with two attached hydrogens (primary N) is 2. The van der Waals surface area contributed by atoms with Gasteiger partial charge in [0.15, 0.2) is 17.5 Å². The van der Waals surface area contributed by atoms with E-state index >= 15 is 0 Å². The zero-order valence-electron chi connectivity index (χ0n) is 29.5. The van der Waals surface area contributed by atoms with Gasteiger partial charge in [0.1, 0.15) is 0 Å². The van der Waals surface area contributed by atoms with Crippen molar-refractivity contribution in [1.82, 2.24) is 20.4 Å². The summed E-state index contributed by atoms with van der Waals surface area (Å²) in [5.41, 5.74) is 13.9. The molecule has 1 heterocycles. The summed E-state index contributed by atoms with van der Waals surface area (Å²) in [7, 11) is 1.85. The first-order valence-corrected chi connectivity index (χ1v) is 17.7. The molecular formula is C38H57N7O4. The lowest BCUT2D eigenvalue weighted by Crippen LogP contribution is -2.47. The Morgan fingerprint density at radius 1 is 0.816 bits per heavy atom. The number of hydrogen-bond acceptors (Lipinski definition) is 7. The van der Waals surface area contributed by atoms with Gasteiger partial charge in [0.05, 0.1) is 12.1 Å². The van der Waals surface area contributed by atoms with Crippen molar-refractivity contribution >= 4 is 29.3 Å². The van der Waals surface area contributed by atoms with Gasteiger partial charge in [0.2, 0.25) is 11.8 Å². The zero-order valence-corrected chi connectivity index (χ0v) is 29.5. The summed E-state index contributed by atoms with van der Waals surface area (Å²) in [6, 6.07) is 17.5. The fourth-order valence-corrected chi connectivity index (χ4v) is 6.42. The molecule has 0 spiro atoms. The number of nitrogens with one attached hydrogen (secondary N) is 3. The normalized spacial score (nSPS) is 15.9. The predicted molar refractivity (Wildman–Crippen MR) is 194 cm³/mol.